The van der Waals surface area contributed by atoms with E-state index in [1.54, 1.807) is 11.3 Å². The van der Waals surface area contributed by atoms with E-state index in [-0.39, 0.29) is 0 Å². The second-order valence-electron chi connectivity index (χ2n) is 3.46. The van der Waals surface area contributed by atoms with Crippen molar-refractivity contribution < 1.29 is 0 Å². The van der Waals surface area contributed by atoms with E-state index in [9.17, 15) is 0 Å². The van der Waals surface area contributed by atoms with Crippen LogP contribution >= 0.6 is 34.7 Å². The zero-order chi connectivity index (χ0) is 9.97. The van der Waals surface area contributed by atoms with Gasteiger partial charge < -0.3 is 0 Å². The van der Waals surface area contributed by atoms with Crippen LogP contribution in [0, 0.1) is 0 Å². The molecular formula is C9H13ClN2S2. The van der Waals surface area contributed by atoms with Crippen LogP contribution in [0.25, 0.3) is 0 Å². The van der Waals surface area contributed by atoms with Crippen LogP contribution in [-0.4, -0.2) is 34.5 Å². The molecule has 1 aromatic heterocycles. The summed E-state index contributed by atoms with van der Waals surface area (Å²) < 4.78 is 0.653. The Morgan fingerprint density at radius 3 is 3.21 bits per heavy atom. The molecule has 0 aliphatic carbocycles. The molecule has 0 spiro atoms. The van der Waals surface area contributed by atoms with Gasteiger partial charge in [0.05, 0.1) is 0 Å². The summed E-state index contributed by atoms with van der Waals surface area (Å²) in [5.41, 5.74) is 0. The Morgan fingerprint density at radius 2 is 2.64 bits per heavy atom. The average Bonchev–Trinajstić information content (AvgIpc) is 2.76. The summed E-state index contributed by atoms with van der Waals surface area (Å²) in [5, 5.41) is 0.818. The minimum Gasteiger partial charge on any atom is -0.297 e. The van der Waals surface area contributed by atoms with Crippen molar-refractivity contribution in [1.29, 1.82) is 0 Å². The number of rotatable bonds is 3. The van der Waals surface area contributed by atoms with E-state index in [0.717, 1.165) is 11.8 Å². The molecule has 1 saturated heterocycles. The van der Waals surface area contributed by atoms with E-state index in [1.165, 1.54) is 24.4 Å². The Hall–Kier alpha value is 0.230. The largest absolute Gasteiger partial charge is 0.297 e. The van der Waals surface area contributed by atoms with E-state index >= 15 is 0 Å². The van der Waals surface area contributed by atoms with E-state index in [4.69, 9.17) is 11.6 Å². The predicted octanol–water partition coefficient (Wildman–Crippen LogP) is 2.73. The first kappa shape index (κ1) is 10.7. The van der Waals surface area contributed by atoms with Crippen LogP contribution in [0.15, 0.2) is 6.20 Å². The minimum atomic E-state index is 0.653. The highest BCUT2D eigenvalue weighted by Gasteiger charge is 2.21. The third-order valence-electron chi connectivity index (χ3n) is 2.47. The fourth-order valence-electron chi connectivity index (χ4n) is 1.71. The van der Waals surface area contributed by atoms with Crippen LogP contribution in [0.3, 0.4) is 0 Å². The van der Waals surface area contributed by atoms with E-state index in [2.05, 4.69) is 16.1 Å². The molecule has 1 fully saturated rings. The molecule has 0 bridgehead atoms. The van der Waals surface area contributed by atoms with Gasteiger partial charge in [-0.3, -0.25) is 4.90 Å². The Balaban J connectivity index is 1.87. The SMILES string of the molecule is CSC1CCN(Cc2cnc(Cl)s2)C1. The smallest absolute Gasteiger partial charge is 0.183 e. The highest BCUT2D eigenvalue weighted by atomic mass is 35.5. The Morgan fingerprint density at radius 1 is 1.79 bits per heavy atom. The van der Waals surface area contributed by atoms with Crippen molar-refractivity contribution in [3.05, 3.63) is 15.5 Å². The molecule has 1 aromatic rings. The van der Waals surface area contributed by atoms with E-state index in [0.29, 0.717) is 4.47 Å². The Bertz CT molecular complexity index is 303. The summed E-state index contributed by atoms with van der Waals surface area (Å²) in [6.45, 7) is 3.43. The van der Waals surface area contributed by atoms with Gasteiger partial charge in [-0.15, -0.1) is 11.3 Å². The van der Waals surface area contributed by atoms with E-state index < -0.39 is 0 Å². The maximum atomic E-state index is 5.79. The van der Waals surface area contributed by atoms with Gasteiger partial charge in [0.25, 0.3) is 0 Å². The number of halogens is 1. The molecule has 0 radical (unpaired) electrons. The van der Waals surface area contributed by atoms with Gasteiger partial charge in [-0.2, -0.15) is 11.8 Å². The van der Waals surface area contributed by atoms with Crippen LogP contribution in [0.4, 0.5) is 0 Å². The number of hydrogen-bond acceptors (Lipinski definition) is 4. The summed E-state index contributed by atoms with van der Waals surface area (Å²) in [6.07, 6.45) is 5.39. The lowest BCUT2D eigenvalue weighted by Crippen LogP contribution is -2.19. The molecular weight excluding hydrogens is 236 g/mol. The predicted molar refractivity (Wildman–Crippen MR) is 64.3 cm³/mol. The number of thiazole rings is 1. The molecule has 14 heavy (non-hydrogen) atoms. The third kappa shape index (κ3) is 2.63. The maximum absolute atomic E-state index is 5.79. The Kier molecular flexibility index (Phi) is 3.71. The van der Waals surface area contributed by atoms with Gasteiger partial charge in [0.1, 0.15) is 0 Å². The first-order valence-corrected chi connectivity index (χ1v) is 7.11. The molecule has 0 aromatic carbocycles. The summed E-state index contributed by atoms with van der Waals surface area (Å²) >= 11 is 9.35. The zero-order valence-electron chi connectivity index (χ0n) is 8.07. The van der Waals surface area contributed by atoms with Crippen LogP contribution in [-0.2, 0) is 6.54 Å². The van der Waals surface area contributed by atoms with Crippen molar-refractivity contribution in [2.75, 3.05) is 19.3 Å². The molecule has 2 nitrogen and oxygen atoms in total. The summed E-state index contributed by atoms with van der Waals surface area (Å²) in [7, 11) is 0. The van der Waals surface area contributed by atoms with Gasteiger partial charge >= 0.3 is 0 Å². The molecule has 1 unspecified atom stereocenters. The van der Waals surface area contributed by atoms with Gasteiger partial charge in [-0.25, -0.2) is 4.98 Å². The van der Waals surface area contributed by atoms with E-state index in [1.807, 2.05) is 18.0 Å². The van der Waals surface area contributed by atoms with Crippen molar-refractivity contribution in [3.63, 3.8) is 0 Å². The first-order valence-electron chi connectivity index (χ1n) is 4.63. The molecule has 1 aliphatic heterocycles. The standard InChI is InChI=1S/C9H13ClN2S2/c1-13-7-2-3-12(5-7)6-8-4-11-9(10)14-8/h4,7H,2-3,5-6H2,1H3. The zero-order valence-corrected chi connectivity index (χ0v) is 10.5. The van der Waals surface area contributed by atoms with Gasteiger partial charge in [0.15, 0.2) is 4.47 Å². The summed E-state index contributed by atoms with van der Waals surface area (Å²) in [5.74, 6) is 0. The van der Waals surface area contributed by atoms with Crippen molar-refractivity contribution in [3.8, 4) is 0 Å². The van der Waals surface area contributed by atoms with Gasteiger partial charge in [-0.05, 0) is 19.2 Å². The highest BCUT2D eigenvalue weighted by Crippen LogP contribution is 2.24. The normalized spacial score (nSPS) is 23.1. The molecule has 0 saturated carbocycles. The molecule has 5 heteroatoms. The van der Waals surface area contributed by atoms with Crippen molar-refractivity contribution in [1.82, 2.24) is 9.88 Å². The molecule has 1 atom stereocenters. The summed E-state index contributed by atoms with van der Waals surface area (Å²) in [4.78, 5) is 7.80. The average molecular weight is 249 g/mol. The third-order valence-corrected chi connectivity index (χ3v) is 4.62. The van der Waals surface area contributed by atoms with Crippen LogP contribution in [0.1, 0.15) is 11.3 Å². The molecule has 0 amide bonds. The molecule has 2 rings (SSSR count). The Labute approximate surface area is 97.7 Å². The van der Waals surface area contributed by atoms with Gasteiger partial charge in [-0.1, -0.05) is 11.6 Å². The fourth-order valence-corrected chi connectivity index (χ4v) is 3.43. The number of aromatic nitrogens is 1. The van der Waals surface area contributed by atoms with Crippen molar-refractivity contribution in [2.45, 2.75) is 18.2 Å². The van der Waals surface area contributed by atoms with Gasteiger partial charge in [0, 0.05) is 29.4 Å². The molecule has 78 valence electrons. The van der Waals surface area contributed by atoms with Crippen molar-refractivity contribution >= 4 is 34.7 Å². The molecule has 1 aliphatic rings. The maximum Gasteiger partial charge on any atom is 0.183 e. The van der Waals surface area contributed by atoms with Crippen molar-refractivity contribution in [2.24, 2.45) is 0 Å². The van der Waals surface area contributed by atoms with Crippen LogP contribution < -0.4 is 0 Å². The van der Waals surface area contributed by atoms with Gasteiger partial charge in [0.2, 0.25) is 0 Å². The quantitative estimate of drug-likeness (QED) is 0.819. The number of thioether (sulfide) groups is 1. The lowest BCUT2D eigenvalue weighted by molar-refractivity contribution is 0.335. The van der Waals surface area contributed by atoms with Crippen LogP contribution in [0.5, 0.6) is 0 Å². The molecule has 2 heterocycles. The highest BCUT2D eigenvalue weighted by molar-refractivity contribution is 7.99. The molecule has 0 N–H and O–H groups in total. The second kappa shape index (κ2) is 4.84. The minimum absolute atomic E-state index is 0.653. The number of nitrogens with zero attached hydrogens (tertiary/aromatic N) is 2. The van der Waals surface area contributed by atoms with Crippen LogP contribution in [0.2, 0.25) is 4.47 Å². The topological polar surface area (TPSA) is 16.1 Å². The first-order chi connectivity index (χ1) is 6.78. The number of hydrogen-bond donors (Lipinski definition) is 0. The number of likely N-dealkylation sites (tertiary alicyclic amines) is 1. The monoisotopic (exact) mass is 248 g/mol. The fraction of sp³-hybridized carbons (Fsp3) is 0.667. The second-order valence-corrected chi connectivity index (χ2v) is 6.30. The summed E-state index contributed by atoms with van der Waals surface area (Å²) in [6, 6.07) is 0. The lowest BCUT2D eigenvalue weighted by Gasteiger charge is -2.13. The lowest BCUT2D eigenvalue weighted by atomic mass is 10.4.